The lowest BCUT2D eigenvalue weighted by Gasteiger charge is -2.26. The zero-order valence-corrected chi connectivity index (χ0v) is 36.8. The van der Waals surface area contributed by atoms with Gasteiger partial charge in [-0.2, -0.15) is 0 Å². The molecule has 3 aromatic heterocycles. The van der Waals surface area contributed by atoms with Crippen molar-refractivity contribution in [2.24, 2.45) is 0 Å². The predicted molar refractivity (Wildman–Crippen MR) is 247 cm³/mol. The Hall–Kier alpha value is -5.48. The molecule has 0 saturated carbocycles. The van der Waals surface area contributed by atoms with Crippen LogP contribution in [-0.4, -0.2) is 14.5 Å². The summed E-state index contributed by atoms with van der Waals surface area (Å²) in [6.45, 7) is 29.7. The molecular formula is C54H59N3O. The second-order valence-corrected chi connectivity index (χ2v) is 20.0. The van der Waals surface area contributed by atoms with Gasteiger partial charge in [0.15, 0.2) is 0 Å². The van der Waals surface area contributed by atoms with Crippen molar-refractivity contribution in [3.63, 3.8) is 0 Å². The molecule has 296 valence electrons. The number of benzene rings is 5. The van der Waals surface area contributed by atoms with Crippen LogP contribution < -0.4 is 0 Å². The van der Waals surface area contributed by atoms with Gasteiger partial charge in [0.05, 0.1) is 28.0 Å². The zero-order valence-electron chi connectivity index (χ0n) is 36.8. The Labute approximate surface area is 345 Å². The molecule has 0 aliphatic heterocycles. The van der Waals surface area contributed by atoms with Crippen molar-refractivity contribution in [3.8, 4) is 39.5 Å². The normalized spacial score (nSPS) is 12.9. The number of pyridine rings is 1. The summed E-state index contributed by atoms with van der Waals surface area (Å²) in [4.78, 5) is 10.6. The molecular weight excluding hydrogens is 707 g/mol. The number of imidazole rings is 1. The highest BCUT2D eigenvalue weighted by atomic mass is 16.3. The molecule has 8 aromatic rings. The maximum absolute atomic E-state index is 6.88. The van der Waals surface area contributed by atoms with Crippen LogP contribution >= 0.6 is 0 Å². The zero-order chi connectivity index (χ0) is 41.5. The van der Waals surface area contributed by atoms with E-state index in [9.17, 15) is 0 Å². The van der Waals surface area contributed by atoms with E-state index in [4.69, 9.17) is 14.4 Å². The number of hydrogen-bond donors (Lipinski definition) is 0. The van der Waals surface area contributed by atoms with Crippen molar-refractivity contribution < 1.29 is 4.42 Å². The van der Waals surface area contributed by atoms with Crippen LogP contribution in [0.1, 0.15) is 130 Å². The number of nitrogens with zero attached hydrogens (tertiary/aromatic N) is 3. The van der Waals surface area contributed by atoms with Crippen molar-refractivity contribution in [3.05, 3.63) is 137 Å². The first-order valence-electron chi connectivity index (χ1n) is 21.1. The third kappa shape index (κ3) is 7.05. The molecule has 0 aliphatic carbocycles. The Balaban J connectivity index is 1.34. The second kappa shape index (κ2) is 14.1. The highest BCUT2D eigenvalue weighted by Gasteiger charge is 2.27. The minimum absolute atomic E-state index is 0.00270. The first-order valence-corrected chi connectivity index (χ1v) is 21.1. The van der Waals surface area contributed by atoms with Gasteiger partial charge in [-0.25, -0.2) is 9.97 Å². The fourth-order valence-electron chi connectivity index (χ4n) is 8.24. The average molecular weight is 766 g/mol. The van der Waals surface area contributed by atoms with Gasteiger partial charge in [-0.15, -0.1) is 0 Å². The van der Waals surface area contributed by atoms with Crippen LogP contribution in [0.4, 0.5) is 0 Å². The van der Waals surface area contributed by atoms with Crippen LogP contribution in [0.3, 0.4) is 0 Å². The monoisotopic (exact) mass is 765 g/mol. The maximum atomic E-state index is 6.88. The Bertz CT molecular complexity index is 2760. The van der Waals surface area contributed by atoms with Gasteiger partial charge in [-0.05, 0) is 122 Å². The lowest BCUT2D eigenvalue weighted by atomic mass is 9.79. The summed E-state index contributed by atoms with van der Waals surface area (Å²) < 4.78 is 9.29. The average Bonchev–Trinajstić information content (AvgIpc) is 3.74. The molecule has 0 fully saturated rings. The topological polar surface area (TPSA) is 43.9 Å². The summed E-state index contributed by atoms with van der Waals surface area (Å²) in [5.41, 5.74) is 16.7. The highest BCUT2D eigenvalue weighted by molar-refractivity contribution is 6.09. The number of fused-ring (bicyclic) bond motifs is 4. The molecule has 0 unspecified atom stereocenters. The number of rotatable bonds is 6. The van der Waals surface area contributed by atoms with E-state index in [1.165, 1.54) is 44.6 Å². The third-order valence-electron chi connectivity index (χ3n) is 11.8. The molecule has 0 N–H and O–H groups in total. The van der Waals surface area contributed by atoms with E-state index in [0.29, 0.717) is 5.71 Å². The maximum Gasteiger partial charge on any atom is 0.227 e. The van der Waals surface area contributed by atoms with Crippen LogP contribution in [-0.2, 0) is 16.2 Å². The summed E-state index contributed by atoms with van der Waals surface area (Å²) in [7, 11) is 0. The summed E-state index contributed by atoms with van der Waals surface area (Å²) >= 11 is 0. The standard InChI is InChI=1S/C54H59N3O/c1-32(2)43-29-35(34-21-23-37(24-22-34)52(5,6)7)30-44(33(3)4)48(43)57-47-20-15-14-19-46(47)55-50(57)42-18-16-17-40-41-25-26-45(56-51(41)58-49(40)42)36-27-38(53(8,9)10)31-39(28-36)54(11,12)13/h14-33H,1-13H3. The Morgan fingerprint density at radius 2 is 1.12 bits per heavy atom. The van der Waals surface area contributed by atoms with Gasteiger partial charge < -0.3 is 4.42 Å². The molecule has 0 amide bonds. The van der Waals surface area contributed by atoms with Crippen LogP contribution in [0.15, 0.2) is 114 Å². The van der Waals surface area contributed by atoms with Crippen molar-refractivity contribution in [2.75, 3.05) is 0 Å². The summed E-state index contributed by atoms with van der Waals surface area (Å²) in [6, 6.07) is 40.2. The van der Waals surface area contributed by atoms with Gasteiger partial charge >= 0.3 is 0 Å². The summed E-state index contributed by atoms with van der Waals surface area (Å²) in [5.74, 6) is 1.39. The molecule has 3 heterocycles. The SMILES string of the molecule is CC(C)c1cc(-c2ccc(C(C)(C)C)cc2)cc(C(C)C)c1-n1c(-c2cccc3c2oc2nc(-c4cc(C(C)(C)C)cc(C(C)(C)C)c4)ccc23)nc2ccccc21. The molecule has 0 atom stereocenters. The van der Waals surface area contributed by atoms with Gasteiger partial charge in [-0.3, -0.25) is 4.57 Å². The number of furan rings is 1. The quantitative estimate of drug-likeness (QED) is 0.169. The molecule has 4 nitrogen and oxygen atoms in total. The van der Waals surface area contributed by atoms with E-state index in [1.807, 2.05) is 0 Å². The lowest BCUT2D eigenvalue weighted by Crippen LogP contribution is -2.16. The van der Waals surface area contributed by atoms with Gasteiger partial charge in [-0.1, -0.05) is 145 Å². The molecule has 0 bridgehead atoms. The third-order valence-corrected chi connectivity index (χ3v) is 11.8. The lowest BCUT2D eigenvalue weighted by molar-refractivity contribution is 0.569. The summed E-state index contributed by atoms with van der Waals surface area (Å²) in [6.07, 6.45) is 0. The molecule has 0 aliphatic rings. The minimum atomic E-state index is 0.00270. The largest absolute Gasteiger partial charge is 0.437 e. The smallest absolute Gasteiger partial charge is 0.227 e. The Morgan fingerprint density at radius 3 is 1.71 bits per heavy atom. The molecule has 5 aromatic carbocycles. The molecule has 0 spiro atoms. The fourth-order valence-corrected chi connectivity index (χ4v) is 8.24. The van der Waals surface area contributed by atoms with E-state index in [0.717, 1.165) is 50.0 Å². The van der Waals surface area contributed by atoms with Crippen LogP contribution in [0.5, 0.6) is 0 Å². The van der Waals surface area contributed by atoms with E-state index in [1.54, 1.807) is 0 Å². The van der Waals surface area contributed by atoms with Crippen LogP contribution in [0.2, 0.25) is 0 Å². The van der Waals surface area contributed by atoms with Gasteiger partial charge in [0.2, 0.25) is 5.71 Å². The van der Waals surface area contributed by atoms with E-state index in [-0.39, 0.29) is 28.1 Å². The van der Waals surface area contributed by atoms with E-state index >= 15 is 0 Å². The van der Waals surface area contributed by atoms with Crippen molar-refractivity contribution in [1.29, 1.82) is 0 Å². The number of aromatic nitrogens is 3. The Kier molecular flexibility index (Phi) is 9.58. The number of para-hydroxylation sites is 3. The van der Waals surface area contributed by atoms with E-state index < -0.39 is 0 Å². The minimum Gasteiger partial charge on any atom is -0.437 e. The van der Waals surface area contributed by atoms with Gasteiger partial charge in [0.25, 0.3) is 0 Å². The van der Waals surface area contributed by atoms with Crippen molar-refractivity contribution in [1.82, 2.24) is 14.5 Å². The van der Waals surface area contributed by atoms with Crippen LogP contribution in [0.25, 0.3) is 72.6 Å². The van der Waals surface area contributed by atoms with Crippen LogP contribution in [0, 0.1) is 0 Å². The Morgan fingerprint density at radius 1 is 0.517 bits per heavy atom. The fraction of sp³-hybridized carbons (Fsp3) is 0.333. The molecule has 4 heteroatoms. The predicted octanol–water partition coefficient (Wildman–Crippen LogP) is 15.5. The van der Waals surface area contributed by atoms with Gasteiger partial charge in [0, 0.05) is 16.3 Å². The highest BCUT2D eigenvalue weighted by Crippen LogP contribution is 2.43. The van der Waals surface area contributed by atoms with Crippen molar-refractivity contribution in [2.45, 2.75) is 118 Å². The first-order chi connectivity index (χ1) is 27.3. The summed E-state index contributed by atoms with van der Waals surface area (Å²) in [5, 5.41) is 2.03. The first kappa shape index (κ1) is 39.4. The second-order valence-electron chi connectivity index (χ2n) is 20.0. The molecule has 0 saturated heterocycles. The molecule has 0 radical (unpaired) electrons. The molecule has 8 rings (SSSR count). The molecule has 58 heavy (non-hydrogen) atoms. The van der Waals surface area contributed by atoms with Gasteiger partial charge in [0.1, 0.15) is 11.4 Å². The van der Waals surface area contributed by atoms with Crippen molar-refractivity contribution >= 4 is 33.1 Å². The number of hydrogen-bond acceptors (Lipinski definition) is 3. The van der Waals surface area contributed by atoms with E-state index in [2.05, 4.69) is 204 Å².